The van der Waals surface area contributed by atoms with Crippen molar-refractivity contribution >= 4 is 5.91 Å². The largest absolute Gasteiger partial charge is 0.363 e. The fourth-order valence-electron chi connectivity index (χ4n) is 1.82. The van der Waals surface area contributed by atoms with Crippen molar-refractivity contribution < 1.29 is 4.79 Å². The second kappa shape index (κ2) is 4.49. The van der Waals surface area contributed by atoms with E-state index in [1.54, 1.807) is 0 Å². The van der Waals surface area contributed by atoms with Gasteiger partial charge in [0.25, 0.3) is 5.91 Å². The Morgan fingerprint density at radius 3 is 2.57 bits per heavy atom. The fourth-order valence-corrected chi connectivity index (χ4v) is 1.82. The van der Waals surface area contributed by atoms with Crippen molar-refractivity contribution in [3.05, 3.63) is 12.3 Å². The van der Waals surface area contributed by atoms with Crippen molar-refractivity contribution in [2.24, 2.45) is 0 Å². The van der Waals surface area contributed by atoms with Crippen LogP contribution in [0.15, 0.2) is 12.3 Å². The first-order chi connectivity index (χ1) is 6.57. The highest BCUT2D eigenvalue weighted by Gasteiger charge is 2.27. The zero-order valence-corrected chi connectivity index (χ0v) is 9.42. The monoisotopic (exact) mass is 196 g/mol. The van der Waals surface area contributed by atoms with Gasteiger partial charge in [0.1, 0.15) is 0 Å². The van der Waals surface area contributed by atoms with Crippen LogP contribution in [0.3, 0.4) is 0 Å². The smallest absolute Gasteiger partial charge is 0.269 e. The maximum atomic E-state index is 11.8. The zero-order valence-electron chi connectivity index (χ0n) is 9.42. The molecule has 0 aromatic carbocycles. The number of carbonyl (C=O) groups excluding carboxylic acids is 1. The first-order valence-corrected chi connectivity index (χ1v) is 5.32. The molecule has 1 aliphatic heterocycles. The Bertz CT molecular complexity index is 235. The molecule has 1 heterocycles. The lowest BCUT2D eigenvalue weighted by Crippen LogP contribution is -2.50. The van der Waals surface area contributed by atoms with Gasteiger partial charge in [0.05, 0.1) is 5.70 Å². The summed E-state index contributed by atoms with van der Waals surface area (Å²) < 4.78 is 0. The number of amides is 1. The summed E-state index contributed by atoms with van der Waals surface area (Å²) in [6.07, 6.45) is 1.01. The second-order valence-corrected chi connectivity index (χ2v) is 4.03. The van der Waals surface area contributed by atoms with Gasteiger partial charge < -0.3 is 9.80 Å². The summed E-state index contributed by atoms with van der Waals surface area (Å²) in [6, 6.07) is 0.371. The molecule has 0 spiro atoms. The number of hydrogen-bond acceptors (Lipinski definition) is 2. The van der Waals surface area contributed by atoms with Crippen molar-refractivity contribution in [2.75, 3.05) is 19.6 Å². The molecule has 80 valence electrons. The number of carbonyl (C=O) groups is 1. The van der Waals surface area contributed by atoms with Gasteiger partial charge in [-0.3, -0.25) is 4.79 Å². The van der Waals surface area contributed by atoms with E-state index in [2.05, 4.69) is 32.3 Å². The summed E-state index contributed by atoms with van der Waals surface area (Å²) in [5.74, 6) is 0.104. The third kappa shape index (κ3) is 2.08. The van der Waals surface area contributed by atoms with Gasteiger partial charge in [-0.2, -0.15) is 0 Å². The molecule has 0 bridgehead atoms. The summed E-state index contributed by atoms with van der Waals surface area (Å²) >= 11 is 0. The number of rotatable bonds is 3. The van der Waals surface area contributed by atoms with Crippen molar-refractivity contribution in [1.82, 2.24) is 9.80 Å². The van der Waals surface area contributed by atoms with E-state index in [0.29, 0.717) is 11.7 Å². The molecule has 0 aromatic heterocycles. The average Bonchev–Trinajstić information content (AvgIpc) is 2.13. The van der Waals surface area contributed by atoms with Crippen LogP contribution < -0.4 is 0 Å². The lowest BCUT2D eigenvalue weighted by atomic mass is 10.2. The summed E-state index contributed by atoms with van der Waals surface area (Å²) in [5, 5.41) is 0. The molecule has 0 unspecified atom stereocenters. The molecule has 0 radical (unpaired) electrons. The first-order valence-electron chi connectivity index (χ1n) is 5.32. The lowest BCUT2D eigenvalue weighted by Gasteiger charge is -2.39. The van der Waals surface area contributed by atoms with Crippen LogP contribution in [0.5, 0.6) is 0 Å². The van der Waals surface area contributed by atoms with Gasteiger partial charge in [0.2, 0.25) is 0 Å². The Balaban J connectivity index is 2.65. The van der Waals surface area contributed by atoms with E-state index in [1.807, 2.05) is 4.90 Å². The van der Waals surface area contributed by atoms with E-state index in [9.17, 15) is 4.79 Å². The Hall–Kier alpha value is -0.990. The summed E-state index contributed by atoms with van der Waals surface area (Å²) in [4.78, 5) is 15.8. The van der Waals surface area contributed by atoms with Gasteiger partial charge in [0, 0.05) is 25.7 Å². The molecule has 0 aromatic rings. The third-order valence-electron chi connectivity index (χ3n) is 2.61. The normalized spacial score (nSPS) is 18.3. The van der Waals surface area contributed by atoms with Gasteiger partial charge in [-0.1, -0.05) is 13.5 Å². The minimum atomic E-state index is 0.104. The van der Waals surface area contributed by atoms with E-state index in [1.165, 1.54) is 0 Å². The summed E-state index contributed by atoms with van der Waals surface area (Å²) in [5.41, 5.74) is 0.653. The van der Waals surface area contributed by atoms with Crippen LogP contribution >= 0.6 is 0 Å². The van der Waals surface area contributed by atoms with E-state index in [0.717, 1.165) is 26.1 Å². The van der Waals surface area contributed by atoms with Crippen LogP contribution in [0.25, 0.3) is 0 Å². The van der Waals surface area contributed by atoms with Crippen molar-refractivity contribution in [3.63, 3.8) is 0 Å². The van der Waals surface area contributed by atoms with E-state index < -0.39 is 0 Å². The standard InChI is InChI=1S/C11H20N2O/c1-5-6-12-7-8-13(9(2)3)10(4)11(12)14/h9H,4-8H2,1-3H3. The van der Waals surface area contributed by atoms with Crippen molar-refractivity contribution in [1.29, 1.82) is 0 Å². The quantitative estimate of drug-likeness (QED) is 0.638. The molecule has 1 amide bonds. The maximum Gasteiger partial charge on any atom is 0.269 e. The highest BCUT2D eigenvalue weighted by atomic mass is 16.2. The van der Waals surface area contributed by atoms with Gasteiger partial charge in [-0.05, 0) is 20.3 Å². The maximum absolute atomic E-state index is 11.8. The Labute approximate surface area is 86.4 Å². The molecule has 1 fully saturated rings. The van der Waals surface area contributed by atoms with Crippen molar-refractivity contribution in [3.8, 4) is 0 Å². The minimum absolute atomic E-state index is 0.104. The molecule has 0 saturated carbocycles. The first kappa shape index (κ1) is 11.1. The van der Waals surface area contributed by atoms with Crippen LogP contribution in [0, 0.1) is 0 Å². The molecule has 0 atom stereocenters. The highest BCUT2D eigenvalue weighted by Crippen LogP contribution is 2.16. The Morgan fingerprint density at radius 2 is 2.07 bits per heavy atom. The predicted molar refractivity (Wildman–Crippen MR) is 57.9 cm³/mol. The molecule has 14 heavy (non-hydrogen) atoms. The van der Waals surface area contributed by atoms with Crippen LogP contribution in [-0.2, 0) is 4.79 Å². The highest BCUT2D eigenvalue weighted by molar-refractivity contribution is 5.93. The average molecular weight is 196 g/mol. The molecular formula is C11H20N2O. The van der Waals surface area contributed by atoms with Crippen LogP contribution in [-0.4, -0.2) is 41.4 Å². The second-order valence-electron chi connectivity index (χ2n) is 4.03. The summed E-state index contributed by atoms with van der Waals surface area (Å²) in [7, 11) is 0. The van der Waals surface area contributed by atoms with Gasteiger partial charge in [-0.15, -0.1) is 0 Å². The Kier molecular flexibility index (Phi) is 3.55. The van der Waals surface area contributed by atoms with Crippen LogP contribution in [0.4, 0.5) is 0 Å². The zero-order chi connectivity index (χ0) is 10.7. The Morgan fingerprint density at radius 1 is 1.43 bits per heavy atom. The number of piperazine rings is 1. The molecular weight excluding hydrogens is 176 g/mol. The molecule has 3 nitrogen and oxygen atoms in total. The molecule has 3 heteroatoms. The fraction of sp³-hybridized carbons (Fsp3) is 0.727. The molecule has 1 saturated heterocycles. The molecule has 0 N–H and O–H groups in total. The predicted octanol–water partition coefficient (Wildman–Crippen LogP) is 1.46. The topological polar surface area (TPSA) is 23.6 Å². The SMILES string of the molecule is C=C1C(=O)N(CCC)CCN1C(C)C. The molecule has 1 aliphatic rings. The van der Waals surface area contributed by atoms with Crippen molar-refractivity contribution in [2.45, 2.75) is 33.2 Å². The van der Waals surface area contributed by atoms with E-state index in [4.69, 9.17) is 0 Å². The number of hydrogen-bond donors (Lipinski definition) is 0. The van der Waals surface area contributed by atoms with Gasteiger partial charge in [0.15, 0.2) is 0 Å². The van der Waals surface area contributed by atoms with Gasteiger partial charge >= 0.3 is 0 Å². The third-order valence-corrected chi connectivity index (χ3v) is 2.61. The van der Waals surface area contributed by atoms with E-state index in [-0.39, 0.29) is 5.91 Å². The van der Waals surface area contributed by atoms with Crippen LogP contribution in [0.1, 0.15) is 27.2 Å². The molecule has 1 rings (SSSR count). The summed E-state index contributed by atoms with van der Waals surface area (Å²) in [6.45, 7) is 12.7. The molecule has 0 aliphatic carbocycles. The van der Waals surface area contributed by atoms with Gasteiger partial charge in [-0.25, -0.2) is 0 Å². The number of nitrogens with zero attached hydrogens (tertiary/aromatic N) is 2. The lowest BCUT2D eigenvalue weighted by molar-refractivity contribution is -0.132. The van der Waals surface area contributed by atoms with E-state index >= 15 is 0 Å². The minimum Gasteiger partial charge on any atom is -0.363 e. The van der Waals surface area contributed by atoms with Crippen LogP contribution in [0.2, 0.25) is 0 Å².